The Bertz CT molecular complexity index is 2640. The Balaban J connectivity index is 0.000000252. The number of carbonyl (C=O) groups is 2. The molecule has 0 aliphatic heterocycles. The highest BCUT2D eigenvalue weighted by atomic mass is 32.2. The van der Waals surface area contributed by atoms with E-state index < -0.39 is 20.2 Å². The number of nitrogens with zero attached hydrogens (tertiary/aromatic N) is 2. The average molecular weight is 847 g/mol. The Kier molecular flexibility index (Phi) is 15.0. The molecule has 5 aromatic carbocycles. The zero-order valence-corrected chi connectivity index (χ0v) is 35.3. The minimum Gasteiger partial charge on any atom is -0.744 e. The summed E-state index contributed by atoms with van der Waals surface area (Å²) in [6, 6.07) is 39.3. The van der Waals surface area contributed by atoms with Crippen molar-refractivity contribution < 1.29 is 44.7 Å². The van der Waals surface area contributed by atoms with E-state index in [0.717, 1.165) is 68.5 Å². The van der Waals surface area contributed by atoms with Crippen LogP contribution in [-0.4, -0.2) is 37.8 Å². The van der Waals surface area contributed by atoms with Crippen molar-refractivity contribution >= 4 is 65.2 Å². The first-order chi connectivity index (χ1) is 28.5. The van der Waals surface area contributed by atoms with E-state index in [2.05, 4.69) is 46.0 Å². The van der Waals surface area contributed by atoms with E-state index in [1.54, 1.807) is 24.3 Å². The fourth-order valence-electron chi connectivity index (χ4n) is 6.23. The predicted molar refractivity (Wildman–Crippen MR) is 229 cm³/mol. The molecule has 12 nitrogen and oxygen atoms in total. The van der Waals surface area contributed by atoms with Crippen LogP contribution in [0.2, 0.25) is 0 Å². The highest BCUT2D eigenvalue weighted by Gasteiger charge is 2.12. The number of rotatable bonds is 10. The Morgan fingerprint density at radius 1 is 0.517 bits per heavy atom. The molecular weight excluding hydrogens is 801 g/mol. The van der Waals surface area contributed by atoms with Crippen LogP contribution in [-0.2, 0) is 55.8 Å². The average Bonchev–Trinajstić information content (AvgIpc) is 3.21. The fourth-order valence-corrected chi connectivity index (χ4v) is 7.17. The number of hydrogen-bond donors (Lipinski definition) is 2. The summed E-state index contributed by atoms with van der Waals surface area (Å²) in [5, 5.41) is 8.17. The lowest BCUT2D eigenvalue weighted by Gasteiger charge is -2.08. The second-order valence-electron chi connectivity index (χ2n) is 13.9. The number of aromatic nitrogens is 2. The lowest BCUT2D eigenvalue weighted by atomic mass is 10.1. The minimum atomic E-state index is -4.27. The predicted octanol–water partition coefficient (Wildman–Crippen LogP) is 6.77. The maximum atomic E-state index is 12.7. The SMILES string of the molecule is CC[n+]1cccc2cc(NC(=O)Cc3ccc(CC(=O)Nc4ccc5c(ccc[n+]5CC)c4)cc3)ccc21.Cc1ccc(S(=O)(=O)[O-])cc1.Cc1ccc(S(=O)(=O)[O-])cc1. The molecule has 0 spiro atoms. The monoisotopic (exact) mass is 846 g/mol. The van der Waals surface area contributed by atoms with Crippen molar-refractivity contribution in [2.24, 2.45) is 0 Å². The Morgan fingerprint density at radius 3 is 1.18 bits per heavy atom. The quantitative estimate of drug-likeness (QED) is 0.112. The number of benzene rings is 5. The topological polar surface area (TPSA) is 180 Å². The van der Waals surface area contributed by atoms with Gasteiger partial charge in [-0.1, -0.05) is 59.7 Å². The van der Waals surface area contributed by atoms with Crippen LogP contribution in [0.1, 0.15) is 36.1 Å². The van der Waals surface area contributed by atoms with Crippen molar-refractivity contribution in [2.75, 3.05) is 10.6 Å². The van der Waals surface area contributed by atoms with Gasteiger partial charge >= 0.3 is 0 Å². The fraction of sp³-hybridized carbons (Fsp3) is 0.174. The first-order valence-electron chi connectivity index (χ1n) is 19.1. The molecule has 0 fully saturated rings. The van der Waals surface area contributed by atoms with E-state index in [1.165, 1.54) is 24.3 Å². The molecule has 310 valence electrons. The van der Waals surface area contributed by atoms with Crippen LogP contribution in [0.5, 0.6) is 0 Å². The summed E-state index contributed by atoms with van der Waals surface area (Å²) in [5.74, 6) is -0.148. The number of nitrogens with one attached hydrogen (secondary N) is 2. The summed E-state index contributed by atoms with van der Waals surface area (Å²) >= 11 is 0. The van der Waals surface area contributed by atoms with Crippen LogP contribution in [0.3, 0.4) is 0 Å². The Hall–Kier alpha value is -6.32. The number of carbonyl (C=O) groups excluding carboxylic acids is 2. The van der Waals surface area contributed by atoms with Crippen molar-refractivity contribution in [1.82, 2.24) is 0 Å². The van der Waals surface area contributed by atoms with Gasteiger partial charge in [0.15, 0.2) is 12.4 Å². The molecule has 0 saturated heterocycles. The Morgan fingerprint density at radius 2 is 0.867 bits per heavy atom. The molecule has 2 heterocycles. The molecule has 0 saturated carbocycles. The van der Waals surface area contributed by atoms with Crippen molar-refractivity contribution in [3.05, 3.63) is 168 Å². The number of fused-ring (bicyclic) bond motifs is 2. The van der Waals surface area contributed by atoms with Gasteiger partial charge in [0, 0.05) is 46.4 Å². The summed E-state index contributed by atoms with van der Waals surface area (Å²) in [7, 11) is -8.54. The van der Waals surface area contributed by atoms with Crippen LogP contribution in [0.25, 0.3) is 21.8 Å². The van der Waals surface area contributed by atoms with E-state index in [1.807, 2.05) is 98.8 Å². The number of aryl methyl sites for hydroxylation is 4. The van der Waals surface area contributed by atoms with Crippen LogP contribution in [0, 0.1) is 13.8 Å². The molecule has 0 bridgehead atoms. The maximum Gasteiger partial charge on any atom is 0.228 e. The molecule has 2 aromatic heterocycles. The molecule has 7 rings (SSSR count). The van der Waals surface area contributed by atoms with E-state index in [0.29, 0.717) is 0 Å². The first-order valence-corrected chi connectivity index (χ1v) is 21.9. The largest absolute Gasteiger partial charge is 0.744 e. The van der Waals surface area contributed by atoms with Crippen molar-refractivity contribution in [3.8, 4) is 0 Å². The van der Waals surface area contributed by atoms with Crippen LogP contribution in [0.4, 0.5) is 11.4 Å². The normalized spacial score (nSPS) is 11.2. The molecule has 14 heteroatoms. The summed E-state index contributed by atoms with van der Waals surface area (Å²) in [6.07, 6.45) is 4.64. The van der Waals surface area contributed by atoms with Crippen molar-refractivity contribution in [1.29, 1.82) is 0 Å². The van der Waals surface area contributed by atoms with Crippen LogP contribution in [0.15, 0.2) is 156 Å². The molecule has 0 atom stereocenters. The molecule has 0 unspecified atom stereocenters. The van der Waals surface area contributed by atoms with Crippen molar-refractivity contribution in [3.63, 3.8) is 0 Å². The van der Waals surface area contributed by atoms with Gasteiger partial charge in [0.1, 0.15) is 33.3 Å². The molecule has 7 aromatic rings. The molecule has 2 N–H and O–H groups in total. The van der Waals surface area contributed by atoms with E-state index >= 15 is 0 Å². The first kappa shape index (κ1) is 44.8. The lowest BCUT2D eigenvalue weighted by molar-refractivity contribution is -0.668. The van der Waals surface area contributed by atoms with E-state index in [9.17, 15) is 35.5 Å². The standard InChI is InChI=1S/C32H30N4O2.2C7H8O3S/c1-3-35-17-5-7-25-21-27(13-15-29(25)35)33-31(37)19-23-9-11-24(12-10-23)20-32(38)34-28-14-16-30-26(22-28)8-6-18-36(30)4-2;2*1-6-2-4-7(5-3-6)11(8,9)10/h5-18,21-22H,3-4,19-20H2,1-2H3;2*2-5H,1H3,(H,8,9,10). The molecular formula is C46H46N4O8S2. The smallest absolute Gasteiger partial charge is 0.228 e. The van der Waals surface area contributed by atoms with Gasteiger partial charge in [-0.05, 0) is 99.5 Å². The summed E-state index contributed by atoms with van der Waals surface area (Å²) in [5.41, 5.74) is 7.49. The molecule has 60 heavy (non-hydrogen) atoms. The van der Waals surface area contributed by atoms with Crippen LogP contribution < -0.4 is 19.8 Å². The van der Waals surface area contributed by atoms with Gasteiger partial charge in [-0.3, -0.25) is 9.59 Å². The van der Waals surface area contributed by atoms with Gasteiger partial charge in [0.2, 0.25) is 22.8 Å². The van der Waals surface area contributed by atoms with Gasteiger partial charge in [-0.15, -0.1) is 0 Å². The highest BCUT2D eigenvalue weighted by molar-refractivity contribution is 7.86. The highest BCUT2D eigenvalue weighted by Crippen LogP contribution is 2.19. The maximum absolute atomic E-state index is 12.7. The van der Waals surface area contributed by atoms with Gasteiger partial charge in [-0.2, -0.15) is 9.13 Å². The zero-order chi connectivity index (χ0) is 43.5. The summed E-state index contributed by atoms with van der Waals surface area (Å²) in [4.78, 5) is 25.0. The number of amides is 2. The molecule has 0 aliphatic carbocycles. The third-order valence-electron chi connectivity index (χ3n) is 9.38. The third-order valence-corrected chi connectivity index (χ3v) is 11.1. The van der Waals surface area contributed by atoms with Gasteiger partial charge in [-0.25, -0.2) is 16.8 Å². The van der Waals surface area contributed by atoms with Gasteiger partial charge in [0.25, 0.3) is 0 Å². The minimum absolute atomic E-state index is 0.0742. The second-order valence-corrected chi connectivity index (χ2v) is 16.7. The van der Waals surface area contributed by atoms with Gasteiger partial charge in [0.05, 0.1) is 22.6 Å². The van der Waals surface area contributed by atoms with Crippen LogP contribution >= 0.6 is 0 Å². The summed E-state index contributed by atoms with van der Waals surface area (Å²) < 4.78 is 66.7. The third kappa shape index (κ3) is 12.8. The Labute approximate surface area is 350 Å². The van der Waals surface area contributed by atoms with Gasteiger partial charge < -0.3 is 19.7 Å². The van der Waals surface area contributed by atoms with E-state index in [4.69, 9.17) is 0 Å². The summed E-state index contributed by atoms with van der Waals surface area (Å²) in [6.45, 7) is 9.64. The number of pyridine rings is 2. The number of anilines is 2. The molecule has 2 amide bonds. The molecule has 0 aliphatic rings. The number of hydrogen-bond acceptors (Lipinski definition) is 8. The second kappa shape index (κ2) is 20.1. The van der Waals surface area contributed by atoms with Crippen molar-refractivity contribution in [2.45, 2.75) is 63.4 Å². The molecule has 0 radical (unpaired) electrons. The zero-order valence-electron chi connectivity index (χ0n) is 33.7. The lowest BCUT2D eigenvalue weighted by Crippen LogP contribution is -2.32. The van der Waals surface area contributed by atoms with E-state index in [-0.39, 0.29) is 34.4 Å².